The fourth-order valence-electron chi connectivity index (χ4n) is 5.81. The van der Waals surface area contributed by atoms with Crippen LogP contribution in [0.25, 0.3) is 11.3 Å². The topological polar surface area (TPSA) is 155 Å². The molecule has 5 rings (SSSR count). The Morgan fingerprint density at radius 3 is 2.43 bits per heavy atom. The van der Waals surface area contributed by atoms with Crippen LogP contribution in [0, 0.1) is 0 Å². The predicted molar refractivity (Wildman–Crippen MR) is 198 cm³/mol. The number of alkyl carbamates (subject to hydrolysis) is 1. The molecule has 1 aliphatic carbocycles. The molecule has 12 nitrogen and oxygen atoms in total. The first kappa shape index (κ1) is 38.7. The summed E-state index contributed by atoms with van der Waals surface area (Å²) in [5, 5.41) is 15.1. The number of aromatic nitrogens is 1. The van der Waals surface area contributed by atoms with Crippen molar-refractivity contribution < 1.29 is 43.2 Å². The predicted octanol–water partition coefficient (Wildman–Crippen LogP) is 7.05. The first-order valence-corrected chi connectivity index (χ1v) is 18.1. The molecule has 3 N–H and O–H groups in total. The van der Waals surface area contributed by atoms with E-state index in [0.717, 1.165) is 46.7 Å². The second kappa shape index (κ2) is 18.8. The highest BCUT2D eigenvalue weighted by molar-refractivity contribution is 5.83. The third-order valence-electron chi connectivity index (χ3n) is 8.46. The summed E-state index contributed by atoms with van der Waals surface area (Å²) >= 11 is 0. The number of carboxylic acid groups (broad SMARTS) is 1. The number of nitrogens with one attached hydrogen (secondary N) is 2. The van der Waals surface area contributed by atoms with Crippen LogP contribution >= 0.6 is 0 Å². The molecule has 0 saturated carbocycles. The van der Waals surface area contributed by atoms with E-state index in [1.807, 2.05) is 36.4 Å². The Morgan fingerprint density at radius 2 is 1.68 bits per heavy atom. The average molecular weight is 728 g/mol. The number of hydrogen-bond acceptors (Lipinski definition) is 9. The lowest BCUT2D eigenvalue weighted by Crippen LogP contribution is -2.42. The van der Waals surface area contributed by atoms with Gasteiger partial charge in [-0.15, -0.1) is 0 Å². The molecular formula is C41H49N3O9. The minimum Gasteiger partial charge on any atom is -0.494 e. The number of amides is 2. The fourth-order valence-corrected chi connectivity index (χ4v) is 5.81. The van der Waals surface area contributed by atoms with E-state index in [1.54, 1.807) is 45.0 Å². The molecule has 2 heterocycles. The summed E-state index contributed by atoms with van der Waals surface area (Å²) in [7, 11) is 0. The molecule has 1 aromatic heterocycles. The van der Waals surface area contributed by atoms with Gasteiger partial charge in [0.1, 0.15) is 17.4 Å². The number of carboxylic acids is 1. The zero-order valence-corrected chi connectivity index (χ0v) is 30.6. The van der Waals surface area contributed by atoms with E-state index in [2.05, 4.69) is 28.9 Å². The minimum absolute atomic E-state index is 0.0994. The number of benzene rings is 2. The molecular weight excluding hydrogens is 678 g/mol. The minimum atomic E-state index is -1.10. The van der Waals surface area contributed by atoms with Gasteiger partial charge in [-0.3, -0.25) is 4.79 Å². The number of aliphatic carboxylic acids is 1. The van der Waals surface area contributed by atoms with Crippen LogP contribution in [-0.4, -0.2) is 66.3 Å². The third-order valence-corrected chi connectivity index (χ3v) is 8.46. The Balaban J connectivity index is 1.02. The molecule has 1 saturated heterocycles. The van der Waals surface area contributed by atoms with Gasteiger partial charge in [0, 0.05) is 36.9 Å². The Kier molecular flexibility index (Phi) is 13.7. The summed E-state index contributed by atoms with van der Waals surface area (Å²) in [6.07, 6.45) is 7.43. The maximum atomic E-state index is 12.7. The summed E-state index contributed by atoms with van der Waals surface area (Å²) < 4.78 is 28.2. The van der Waals surface area contributed by atoms with Crippen LogP contribution < -0.4 is 20.1 Å². The van der Waals surface area contributed by atoms with Gasteiger partial charge in [0.05, 0.1) is 18.9 Å². The number of allylic oxidation sites excluding steroid dienone is 2. The summed E-state index contributed by atoms with van der Waals surface area (Å²) in [6.45, 7) is 6.87. The van der Waals surface area contributed by atoms with E-state index in [1.165, 1.54) is 0 Å². The standard InChI is InChI=1S/C41H49N3O9/c1-41(2,3)53-40(48)42-20-10-22-49-32-17-14-28(15-18-32)23-34(39(46)47)43-37(45)13-8-5-9-21-50-38-26-31(24-33(44-38)29-11-6-4-7-12-29)30-16-19-35-36(25-30)52-27-51-35/h4,6-7,11-12,14-15,17-19,24-26,30,34H,5,8-10,13,16,20-23,27H2,1-3H3,(H,42,48)(H,43,45)(H,46,47). The number of hydrogen-bond donors (Lipinski definition) is 3. The highest BCUT2D eigenvalue weighted by Crippen LogP contribution is 2.36. The highest BCUT2D eigenvalue weighted by atomic mass is 16.7. The SMILES string of the molecule is CC(C)(C)OC(=O)NCCCOc1ccc(CC(NC(=O)CCCCCOc2cc(C3C=C4OCOC4=CC3)cc(-c3ccccc3)n2)C(=O)O)cc1. The number of rotatable bonds is 18. The van der Waals surface area contributed by atoms with E-state index in [0.29, 0.717) is 50.7 Å². The van der Waals surface area contributed by atoms with Gasteiger partial charge < -0.3 is 39.4 Å². The summed E-state index contributed by atoms with van der Waals surface area (Å²) in [6, 6.07) is 20.1. The van der Waals surface area contributed by atoms with Crippen molar-refractivity contribution >= 4 is 18.0 Å². The third kappa shape index (κ3) is 12.6. The molecule has 2 unspecified atom stereocenters. The zero-order valence-electron chi connectivity index (χ0n) is 30.6. The number of carbonyl (C=O) groups is 3. The number of fused-ring (bicyclic) bond motifs is 1. The van der Waals surface area contributed by atoms with Crippen molar-refractivity contribution in [3.8, 4) is 22.9 Å². The summed E-state index contributed by atoms with van der Waals surface area (Å²) in [5.74, 6) is 1.40. The maximum absolute atomic E-state index is 12.7. The molecule has 2 aliphatic rings. The average Bonchev–Trinajstić information content (AvgIpc) is 3.61. The van der Waals surface area contributed by atoms with Crippen LogP contribution in [0.3, 0.4) is 0 Å². The van der Waals surface area contributed by atoms with E-state index in [9.17, 15) is 19.5 Å². The van der Waals surface area contributed by atoms with Crippen molar-refractivity contribution in [3.63, 3.8) is 0 Å². The van der Waals surface area contributed by atoms with Crippen molar-refractivity contribution in [2.75, 3.05) is 26.6 Å². The molecule has 3 aromatic rings. The molecule has 0 spiro atoms. The Labute approximate surface area is 310 Å². The number of unbranched alkanes of at least 4 members (excludes halogenated alkanes) is 2. The molecule has 53 heavy (non-hydrogen) atoms. The number of pyridine rings is 1. The lowest BCUT2D eigenvalue weighted by atomic mass is 9.91. The number of carbonyl (C=O) groups excluding carboxylic acids is 2. The quantitative estimate of drug-likeness (QED) is 0.116. The first-order valence-electron chi connectivity index (χ1n) is 18.1. The van der Waals surface area contributed by atoms with Crippen molar-refractivity contribution in [3.05, 3.63) is 102 Å². The Hall–Kier alpha value is -5.52. The largest absolute Gasteiger partial charge is 0.494 e. The molecule has 0 bridgehead atoms. The van der Waals surface area contributed by atoms with Gasteiger partial charge in [0.25, 0.3) is 0 Å². The molecule has 2 aromatic carbocycles. The van der Waals surface area contributed by atoms with Gasteiger partial charge in [-0.05, 0) is 94.4 Å². The first-order chi connectivity index (χ1) is 25.5. The molecule has 2 amide bonds. The second-order valence-electron chi connectivity index (χ2n) is 13.9. The smallest absolute Gasteiger partial charge is 0.407 e. The molecule has 1 fully saturated rings. The van der Waals surface area contributed by atoms with Crippen LogP contribution in [0.4, 0.5) is 4.79 Å². The van der Waals surface area contributed by atoms with E-state index < -0.39 is 23.7 Å². The number of ether oxygens (including phenoxy) is 5. The molecule has 0 radical (unpaired) electrons. The van der Waals surface area contributed by atoms with Crippen LogP contribution in [0.2, 0.25) is 0 Å². The highest BCUT2D eigenvalue weighted by Gasteiger charge is 2.25. The van der Waals surface area contributed by atoms with E-state index in [4.69, 9.17) is 28.7 Å². The molecule has 282 valence electrons. The van der Waals surface area contributed by atoms with Gasteiger partial charge >= 0.3 is 12.1 Å². The van der Waals surface area contributed by atoms with Crippen LogP contribution in [0.1, 0.15) is 76.3 Å². The summed E-state index contributed by atoms with van der Waals surface area (Å²) in [4.78, 5) is 41.1. The molecule has 12 heteroatoms. The van der Waals surface area contributed by atoms with Crippen LogP contribution in [0.15, 0.2) is 90.4 Å². The fraction of sp³-hybridized carbons (Fsp3) is 0.415. The van der Waals surface area contributed by atoms with Gasteiger partial charge in [-0.25, -0.2) is 14.6 Å². The Bertz CT molecular complexity index is 1750. The lowest BCUT2D eigenvalue weighted by molar-refractivity contribution is -0.141. The molecule has 1 aliphatic heterocycles. The molecule has 2 atom stereocenters. The van der Waals surface area contributed by atoms with Crippen molar-refractivity contribution in [2.45, 2.75) is 83.3 Å². The zero-order chi connectivity index (χ0) is 37.6. The lowest BCUT2D eigenvalue weighted by Gasteiger charge is -2.19. The van der Waals surface area contributed by atoms with Crippen molar-refractivity contribution in [2.24, 2.45) is 0 Å². The monoisotopic (exact) mass is 727 g/mol. The van der Waals surface area contributed by atoms with Gasteiger partial charge in [0.15, 0.2) is 11.5 Å². The maximum Gasteiger partial charge on any atom is 0.407 e. The van der Waals surface area contributed by atoms with E-state index in [-0.39, 0.29) is 31.5 Å². The van der Waals surface area contributed by atoms with Gasteiger partial charge in [-0.1, -0.05) is 42.5 Å². The second-order valence-corrected chi connectivity index (χ2v) is 13.9. The number of nitrogens with zero attached hydrogens (tertiary/aromatic N) is 1. The summed E-state index contributed by atoms with van der Waals surface area (Å²) in [5.41, 5.74) is 3.09. The Morgan fingerprint density at radius 1 is 0.925 bits per heavy atom. The van der Waals surface area contributed by atoms with Gasteiger partial charge in [-0.2, -0.15) is 0 Å². The van der Waals surface area contributed by atoms with Crippen LogP contribution in [0.5, 0.6) is 11.6 Å². The van der Waals surface area contributed by atoms with Crippen LogP contribution in [-0.2, 0) is 30.2 Å². The van der Waals surface area contributed by atoms with Gasteiger partial charge in [0.2, 0.25) is 18.6 Å². The van der Waals surface area contributed by atoms with Crippen molar-refractivity contribution in [1.29, 1.82) is 0 Å². The van der Waals surface area contributed by atoms with Crippen molar-refractivity contribution in [1.82, 2.24) is 15.6 Å². The normalized spacial score (nSPS) is 15.4. The van der Waals surface area contributed by atoms with E-state index >= 15 is 0 Å².